The van der Waals surface area contributed by atoms with E-state index in [1.807, 2.05) is 36.5 Å². The molecule has 3 rings (SSSR count). The molecule has 0 unspecified atom stereocenters. The molecule has 0 saturated heterocycles. The highest BCUT2D eigenvalue weighted by Gasteiger charge is 2.21. The van der Waals surface area contributed by atoms with Crippen molar-refractivity contribution >= 4 is 6.09 Å². The Hall–Kier alpha value is -2.23. The average Bonchev–Trinajstić information content (AvgIpc) is 2.87. The van der Waals surface area contributed by atoms with Gasteiger partial charge in [0.1, 0.15) is 5.75 Å². The summed E-state index contributed by atoms with van der Waals surface area (Å²) in [7, 11) is 0. The van der Waals surface area contributed by atoms with Crippen molar-refractivity contribution in [3.05, 3.63) is 54.4 Å². The molecule has 4 nitrogen and oxygen atoms in total. The van der Waals surface area contributed by atoms with Gasteiger partial charge in [0.2, 0.25) is 0 Å². The highest BCUT2D eigenvalue weighted by molar-refractivity contribution is 5.70. The molecule has 1 aliphatic rings. The molecule has 2 heterocycles. The summed E-state index contributed by atoms with van der Waals surface area (Å²) >= 11 is 0. The molecule has 0 atom stereocenters. The van der Waals surface area contributed by atoms with Crippen molar-refractivity contribution in [2.45, 2.75) is 13.1 Å². The van der Waals surface area contributed by atoms with Crippen molar-refractivity contribution in [1.82, 2.24) is 9.47 Å². The van der Waals surface area contributed by atoms with Crippen LogP contribution < -0.4 is 4.74 Å². The molecule has 1 amide bonds. The first-order chi connectivity index (χ1) is 8.83. The Kier molecular flexibility index (Phi) is 2.76. The molecule has 1 aromatic carbocycles. The van der Waals surface area contributed by atoms with Crippen LogP contribution in [0.2, 0.25) is 0 Å². The molecule has 0 spiro atoms. The molecule has 92 valence electrons. The van der Waals surface area contributed by atoms with Crippen LogP contribution in [-0.2, 0) is 13.1 Å². The zero-order valence-corrected chi connectivity index (χ0v) is 9.95. The average molecular weight is 242 g/mol. The van der Waals surface area contributed by atoms with Crippen LogP contribution in [-0.4, -0.2) is 22.1 Å². The van der Waals surface area contributed by atoms with E-state index in [-0.39, 0.29) is 6.09 Å². The van der Waals surface area contributed by atoms with Crippen LogP contribution in [0.1, 0.15) is 5.69 Å². The van der Waals surface area contributed by atoms with Gasteiger partial charge in [0.25, 0.3) is 0 Å². The molecule has 0 radical (unpaired) electrons. The molecule has 4 heteroatoms. The highest BCUT2D eigenvalue weighted by Crippen LogP contribution is 2.16. The van der Waals surface area contributed by atoms with E-state index in [1.165, 1.54) is 0 Å². The fourth-order valence-electron chi connectivity index (χ4n) is 2.12. The Labute approximate surface area is 105 Å². The van der Waals surface area contributed by atoms with Gasteiger partial charge in [0.15, 0.2) is 0 Å². The van der Waals surface area contributed by atoms with E-state index in [9.17, 15) is 4.79 Å². The quantitative estimate of drug-likeness (QED) is 0.770. The minimum Gasteiger partial charge on any atom is -0.410 e. The fraction of sp³-hybridized carbons (Fsp3) is 0.214. The number of benzene rings is 1. The van der Waals surface area contributed by atoms with Gasteiger partial charge in [-0.2, -0.15) is 0 Å². The van der Waals surface area contributed by atoms with Crippen LogP contribution in [0.15, 0.2) is 48.7 Å². The number of carbonyl (C=O) groups is 1. The normalized spacial score (nSPS) is 14.1. The molecular weight excluding hydrogens is 228 g/mol. The van der Waals surface area contributed by atoms with Gasteiger partial charge >= 0.3 is 6.09 Å². The third kappa shape index (κ3) is 2.09. The standard InChI is InChI=1S/C14H14N2O2/c17-14(18-13-6-2-1-3-7-13)16-10-9-15-8-4-5-12(15)11-16/h1-8H,9-11H2. The number of fused-ring (bicyclic) bond motifs is 1. The molecule has 1 aromatic heterocycles. The maximum Gasteiger partial charge on any atom is 0.415 e. The lowest BCUT2D eigenvalue weighted by Gasteiger charge is -2.27. The zero-order valence-electron chi connectivity index (χ0n) is 9.95. The largest absolute Gasteiger partial charge is 0.415 e. The molecule has 2 aromatic rings. The van der Waals surface area contributed by atoms with E-state index in [0.717, 1.165) is 12.2 Å². The number of carbonyl (C=O) groups excluding carboxylic acids is 1. The van der Waals surface area contributed by atoms with Gasteiger partial charge in [-0.1, -0.05) is 18.2 Å². The Morgan fingerprint density at radius 2 is 1.89 bits per heavy atom. The van der Waals surface area contributed by atoms with Crippen molar-refractivity contribution < 1.29 is 9.53 Å². The number of rotatable bonds is 1. The van der Waals surface area contributed by atoms with Crippen LogP contribution in [0.5, 0.6) is 5.75 Å². The predicted molar refractivity (Wildman–Crippen MR) is 67.3 cm³/mol. The molecule has 0 saturated carbocycles. The first kappa shape index (κ1) is 10.9. The number of ether oxygens (including phenoxy) is 1. The number of hydrogen-bond acceptors (Lipinski definition) is 2. The lowest BCUT2D eigenvalue weighted by atomic mass is 10.3. The van der Waals surface area contributed by atoms with Crippen LogP contribution in [0.25, 0.3) is 0 Å². The van der Waals surface area contributed by atoms with Gasteiger partial charge in [-0.15, -0.1) is 0 Å². The van der Waals surface area contributed by atoms with E-state index in [1.54, 1.807) is 17.0 Å². The number of para-hydroxylation sites is 1. The van der Waals surface area contributed by atoms with Crippen molar-refractivity contribution in [3.8, 4) is 5.75 Å². The lowest BCUT2D eigenvalue weighted by Crippen LogP contribution is -2.39. The van der Waals surface area contributed by atoms with E-state index in [0.29, 0.717) is 18.8 Å². The molecule has 0 aliphatic carbocycles. The summed E-state index contributed by atoms with van der Waals surface area (Å²) < 4.78 is 7.48. The van der Waals surface area contributed by atoms with Crippen molar-refractivity contribution in [3.63, 3.8) is 0 Å². The molecule has 1 aliphatic heterocycles. The Morgan fingerprint density at radius 3 is 2.72 bits per heavy atom. The van der Waals surface area contributed by atoms with Gasteiger partial charge in [-0.3, -0.25) is 0 Å². The third-order valence-electron chi connectivity index (χ3n) is 3.09. The highest BCUT2D eigenvalue weighted by atomic mass is 16.6. The van der Waals surface area contributed by atoms with Crippen LogP contribution in [0.4, 0.5) is 4.79 Å². The van der Waals surface area contributed by atoms with Crippen LogP contribution >= 0.6 is 0 Å². The predicted octanol–water partition coefficient (Wildman–Crippen LogP) is 2.50. The van der Waals surface area contributed by atoms with E-state index in [2.05, 4.69) is 4.57 Å². The Bertz CT molecular complexity index is 548. The van der Waals surface area contributed by atoms with Crippen LogP contribution in [0, 0.1) is 0 Å². The monoisotopic (exact) mass is 242 g/mol. The molecule has 0 fully saturated rings. The molecule has 0 N–H and O–H groups in total. The fourth-order valence-corrected chi connectivity index (χ4v) is 2.12. The smallest absolute Gasteiger partial charge is 0.410 e. The summed E-state index contributed by atoms with van der Waals surface area (Å²) in [5.41, 5.74) is 1.14. The topological polar surface area (TPSA) is 34.5 Å². The maximum absolute atomic E-state index is 12.0. The van der Waals surface area contributed by atoms with E-state index < -0.39 is 0 Å². The SMILES string of the molecule is O=C(Oc1ccccc1)N1CCn2cccc2C1. The van der Waals surface area contributed by atoms with E-state index in [4.69, 9.17) is 4.74 Å². The zero-order chi connectivity index (χ0) is 12.4. The minimum absolute atomic E-state index is 0.284. The summed E-state index contributed by atoms with van der Waals surface area (Å²) in [6, 6.07) is 13.2. The second-order valence-electron chi connectivity index (χ2n) is 4.30. The number of amides is 1. The van der Waals surface area contributed by atoms with Gasteiger partial charge in [-0.05, 0) is 24.3 Å². The molecular formula is C14H14N2O2. The first-order valence-corrected chi connectivity index (χ1v) is 5.99. The molecule has 18 heavy (non-hydrogen) atoms. The summed E-state index contributed by atoms with van der Waals surface area (Å²) in [6.45, 7) is 2.12. The Morgan fingerprint density at radius 1 is 1.06 bits per heavy atom. The van der Waals surface area contributed by atoms with Crippen molar-refractivity contribution in [1.29, 1.82) is 0 Å². The number of aromatic nitrogens is 1. The van der Waals surface area contributed by atoms with Crippen molar-refractivity contribution in [2.24, 2.45) is 0 Å². The summed E-state index contributed by atoms with van der Waals surface area (Å²) in [5.74, 6) is 0.587. The summed E-state index contributed by atoms with van der Waals surface area (Å²) in [6.07, 6.45) is 1.75. The third-order valence-corrected chi connectivity index (χ3v) is 3.09. The van der Waals surface area contributed by atoms with Gasteiger partial charge in [0, 0.05) is 25.0 Å². The molecule has 0 bridgehead atoms. The van der Waals surface area contributed by atoms with Crippen molar-refractivity contribution in [2.75, 3.05) is 6.54 Å². The lowest BCUT2D eigenvalue weighted by molar-refractivity contribution is 0.139. The maximum atomic E-state index is 12.0. The second-order valence-corrected chi connectivity index (χ2v) is 4.30. The van der Waals surface area contributed by atoms with E-state index >= 15 is 0 Å². The second kappa shape index (κ2) is 4.56. The van der Waals surface area contributed by atoms with Gasteiger partial charge in [0.05, 0.1) is 6.54 Å². The number of nitrogens with zero attached hydrogens (tertiary/aromatic N) is 2. The Balaban J connectivity index is 1.68. The summed E-state index contributed by atoms with van der Waals surface area (Å²) in [5, 5.41) is 0. The van der Waals surface area contributed by atoms with Crippen LogP contribution in [0.3, 0.4) is 0 Å². The first-order valence-electron chi connectivity index (χ1n) is 5.99. The summed E-state index contributed by atoms with van der Waals surface area (Å²) in [4.78, 5) is 13.7. The van der Waals surface area contributed by atoms with Gasteiger partial charge < -0.3 is 14.2 Å². The van der Waals surface area contributed by atoms with Gasteiger partial charge in [-0.25, -0.2) is 4.79 Å². The minimum atomic E-state index is -0.284. The number of hydrogen-bond donors (Lipinski definition) is 0.